The number of hydrogen-bond donors (Lipinski definition) is 2. The van der Waals surface area contributed by atoms with Crippen LogP contribution in [-0.4, -0.2) is 58.9 Å². The van der Waals surface area contributed by atoms with Gasteiger partial charge in [0, 0.05) is 37.9 Å². The lowest BCUT2D eigenvalue weighted by Gasteiger charge is -2.36. The molecule has 7 heteroatoms. The van der Waals surface area contributed by atoms with Crippen molar-refractivity contribution >= 4 is 29.9 Å². The van der Waals surface area contributed by atoms with Gasteiger partial charge in [-0.25, -0.2) is 0 Å². The number of nitrogens with zero attached hydrogens (tertiary/aromatic N) is 4. The minimum Gasteiger partial charge on any atom is -0.357 e. The van der Waals surface area contributed by atoms with E-state index in [1.807, 2.05) is 10.9 Å². The second-order valence-corrected chi connectivity index (χ2v) is 7.43. The molecule has 6 nitrogen and oxygen atoms in total. The quantitative estimate of drug-likeness (QED) is 0.378. The summed E-state index contributed by atoms with van der Waals surface area (Å²) in [5.74, 6) is 0.950. The lowest BCUT2D eigenvalue weighted by atomic mass is 10.0. The highest BCUT2D eigenvalue weighted by atomic mass is 127. The Morgan fingerprint density at radius 3 is 2.58 bits per heavy atom. The molecule has 1 aromatic heterocycles. The molecule has 1 aromatic rings. The van der Waals surface area contributed by atoms with E-state index in [0.717, 1.165) is 31.6 Å². The van der Waals surface area contributed by atoms with Crippen LogP contribution >= 0.6 is 24.0 Å². The zero-order valence-electron chi connectivity index (χ0n) is 16.3. The predicted molar refractivity (Wildman–Crippen MR) is 118 cm³/mol. The highest BCUT2D eigenvalue weighted by molar-refractivity contribution is 14.0. The summed E-state index contributed by atoms with van der Waals surface area (Å²) in [6.45, 7) is 9.12. The van der Waals surface area contributed by atoms with E-state index >= 15 is 0 Å². The molecule has 148 valence electrons. The number of aryl methyl sites for hydroxylation is 1. The van der Waals surface area contributed by atoms with Crippen molar-refractivity contribution in [1.82, 2.24) is 25.3 Å². The van der Waals surface area contributed by atoms with Gasteiger partial charge in [0.25, 0.3) is 0 Å². The largest absolute Gasteiger partial charge is 0.357 e. The highest BCUT2D eigenvalue weighted by Gasteiger charge is 2.27. The molecule has 0 bridgehead atoms. The topological polar surface area (TPSA) is 57.5 Å². The Bertz CT molecular complexity index is 544. The molecule has 26 heavy (non-hydrogen) atoms. The Hall–Kier alpha value is -0.830. The molecule has 2 aliphatic rings. The second kappa shape index (κ2) is 11.1. The smallest absolute Gasteiger partial charge is 0.191 e. The van der Waals surface area contributed by atoms with E-state index in [9.17, 15) is 0 Å². The molecular formula is C19H35IN6. The molecule has 0 atom stereocenters. The van der Waals surface area contributed by atoms with Gasteiger partial charge < -0.3 is 15.5 Å². The van der Waals surface area contributed by atoms with Crippen molar-refractivity contribution in [3.05, 3.63) is 18.0 Å². The number of hydrogen-bond acceptors (Lipinski definition) is 3. The summed E-state index contributed by atoms with van der Waals surface area (Å²) >= 11 is 0. The monoisotopic (exact) mass is 474 g/mol. The van der Waals surface area contributed by atoms with Crippen LogP contribution in [0, 0.1) is 6.92 Å². The first-order valence-corrected chi connectivity index (χ1v) is 10.0. The maximum absolute atomic E-state index is 4.73. The van der Waals surface area contributed by atoms with Crippen LogP contribution in [0.3, 0.4) is 0 Å². The molecule has 0 aromatic carbocycles. The van der Waals surface area contributed by atoms with E-state index in [0.29, 0.717) is 6.04 Å². The van der Waals surface area contributed by atoms with Crippen molar-refractivity contribution in [2.45, 2.75) is 71.0 Å². The van der Waals surface area contributed by atoms with E-state index in [1.54, 1.807) is 0 Å². The van der Waals surface area contributed by atoms with Gasteiger partial charge in [0.1, 0.15) is 0 Å². The van der Waals surface area contributed by atoms with E-state index in [4.69, 9.17) is 4.99 Å². The number of halogens is 1. The maximum Gasteiger partial charge on any atom is 0.191 e. The summed E-state index contributed by atoms with van der Waals surface area (Å²) in [5.41, 5.74) is 1.20. The lowest BCUT2D eigenvalue weighted by Crippen LogP contribution is -2.50. The fourth-order valence-corrected chi connectivity index (χ4v) is 4.05. The van der Waals surface area contributed by atoms with Crippen LogP contribution in [0.4, 0.5) is 0 Å². The number of likely N-dealkylation sites (tertiary alicyclic amines) is 1. The standard InChI is InChI=1S/C19H34N6.HI/c1-3-20-19(21-10-13-25-15-16(2)14-22-25)23-17-8-11-24(12-9-17)18-6-4-5-7-18;/h14-15,17-18H,3-13H2,1-2H3,(H2,20,21,23);1H. The average molecular weight is 474 g/mol. The van der Waals surface area contributed by atoms with Gasteiger partial charge in [0.05, 0.1) is 19.3 Å². The SMILES string of the molecule is CCNC(=NCCn1cc(C)cn1)NC1CCN(C2CCCC2)CC1.I. The molecule has 0 spiro atoms. The first-order chi connectivity index (χ1) is 12.2. The number of guanidine groups is 1. The Kier molecular flexibility index (Phi) is 9.18. The molecule has 2 N–H and O–H groups in total. The minimum atomic E-state index is 0. The molecule has 3 rings (SSSR count). The van der Waals surface area contributed by atoms with Crippen molar-refractivity contribution in [2.75, 3.05) is 26.2 Å². The Morgan fingerprint density at radius 2 is 1.96 bits per heavy atom. The van der Waals surface area contributed by atoms with Crippen LogP contribution in [0.1, 0.15) is 51.0 Å². The van der Waals surface area contributed by atoms with Crippen LogP contribution in [-0.2, 0) is 6.54 Å². The summed E-state index contributed by atoms with van der Waals surface area (Å²) in [5, 5.41) is 11.3. The van der Waals surface area contributed by atoms with Crippen molar-refractivity contribution < 1.29 is 0 Å². The summed E-state index contributed by atoms with van der Waals surface area (Å²) in [6, 6.07) is 1.41. The zero-order chi connectivity index (χ0) is 17.5. The number of aromatic nitrogens is 2. The van der Waals surface area contributed by atoms with Crippen LogP contribution in [0.2, 0.25) is 0 Å². The van der Waals surface area contributed by atoms with Crippen molar-refractivity contribution in [3.63, 3.8) is 0 Å². The molecule has 0 radical (unpaired) electrons. The van der Waals surface area contributed by atoms with Gasteiger partial charge in [-0.05, 0) is 45.1 Å². The van der Waals surface area contributed by atoms with Gasteiger partial charge in [-0.2, -0.15) is 5.10 Å². The number of piperidine rings is 1. The van der Waals surface area contributed by atoms with E-state index in [2.05, 4.69) is 40.7 Å². The first kappa shape index (κ1) is 21.5. The van der Waals surface area contributed by atoms with Crippen molar-refractivity contribution in [1.29, 1.82) is 0 Å². The fraction of sp³-hybridized carbons (Fsp3) is 0.789. The van der Waals surface area contributed by atoms with E-state index in [1.165, 1.54) is 57.2 Å². The normalized spacial score (nSPS) is 20.2. The summed E-state index contributed by atoms with van der Waals surface area (Å²) in [7, 11) is 0. The third-order valence-electron chi connectivity index (χ3n) is 5.42. The summed E-state index contributed by atoms with van der Waals surface area (Å²) in [6.07, 6.45) is 12.1. The van der Waals surface area contributed by atoms with Gasteiger partial charge in [-0.15, -0.1) is 24.0 Å². The maximum atomic E-state index is 4.73. The number of rotatable bonds is 6. The van der Waals surface area contributed by atoms with Gasteiger partial charge in [0.2, 0.25) is 0 Å². The molecule has 1 aliphatic heterocycles. The second-order valence-electron chi connectivity index (χ2n) is 7.43. The molecule has 0 amide bonds. The Morgan fingerprint density at radius 1 is 1.23 bits per heavy atom. The zero-order valence-corrected chi connectivity index (χ0v) is 18.6. The van der Waals surface area contributed by atoms with Gasteiger partial charge in [0.15, 0.2) is 5.96 Å². The lowest BCUT2D eigenvalue weighted by molar-refractivity contribution is 0.150. The van der Waals surface area contributed by atoms with E-state index < -0.39 is 0 Å². The van der Waals surface area contributed by atoms with Crippen LogP contribution in [0.5, 0.6) is 0 Å². The molecule has 1 saturated heterocycles. The third-order valence-corrected chi connectivity index (χ3v) is 5.42. The average Bonchev–Trinajstić information content (AvgIpc) is 3.28. The fourth-order valence-electron chi connectivity index (χ4n) is 4.05. The summed E-state index contributed by atoms with van der Waals surface area (Å²) < 4.78 is 1.96. The van der Waals surface area contributed by atoms with Crippen molar-refractivity contribution in [3.8, 4) is 0 Å². The molecule has 1 saturated carbocycles. The van der Waals surface area contributed by atoms with Crippen molar-refractivity contribution in [2.24, 2.45) is 4.99 Å². The highest BCUT2D eigenvalue weighted by Crippen LogP contribution is 2.26. The van der Waals surface area contributed by atoms with E-state index in [-0.39, 0.29) is 24.0 Å². The molecular weight excluding hydrogens is 439 g/mol. The minimum absolute atomic E-state index is 0. The van der Waals surface area contributed by atoms with Gasteiger partial charge >= 0.3 is 0 Å². The van der Waals surface area contributed by atoms with Crippen LogP contribution in [0.15, 0.2) is 17.4 Å². The third kappa shape index (κ3) is 6.40. The Labute approximate surface area is 175 Å². The number of nitrogens with one attached hydrogen (secondary N) is 2. The van der Waals surface area contributed by atoms with Gasteiger partial charge in [-0.1, -0.05) is 12.8 Å². The number of aliphatic imine (C=N–C) groups is 1. The molecule has 2 fully saturated rings. The van der Waals surface area contributed by atoms with Crippen LogP contribution < -0.4 is 10.6 Å². The molecule has 1 aliphatic carbocycles. The van der Waals surface area contributed by atoms with Crippen LogP contribution in [0.25, 0.3) is 0 Å². The molecule has 0 unspecified atom stereocenters. The Balaban J connectivity index is 0.00000243. The predicted octanol–water partition coefficient (Wildman–Crippen LogP) is 2.77. The first-order valence-electron chi connectivity index (χ1n) is 10.0. The molecule has 2 heterocycles. The summed E-state index contributed by atoms with van der Waals surface area (Å²) in [4.78, 5) is 7.45. The van der Waals surface area contributed by atoms with Gasteiger partial charge in [-0.3, -0.25) is 9.67 Å².